The first kappa shape index (κ1) is 17.9. The number of allylic oxidation sites excluding steroid dienone is 5. The van der Waals surface area contributed by atoms with E-state index in [2.05, 4.69) is 84.2 Å². The van der Waals surface area contributed by atoms with Crippen LogP contribution in [0, 0.1) is 11.3 Å². The molecule has 1 aromatic carbocycles. The maximum absolute atomic E-state index is 9.70. The Labute approximate surface area is 166 Å². The standard InChI is InChI=1S/C25H23N3/c1-19(2)21-10-12-23(13-11-21)28-17-22(15-26)24(18-28)25-9-6-14-27(25)16-20-7-4-3-5-8-20/h3-4,6-7,9-14,17-18H,1,5,8,16H2,2H3. The predicted molar refractivity (Wildman–Crippen MR) is 115 cm³/mol. The van der Waals surface area contributed by atoms with Crippen LogP contribution in [0.2, 0.25) is 0 Å². The third-order valence-corrected chi connectivity index (χ3v) is 5.18. The Kier molecular flexibility index (Phi) is 4.87. The fourth-order valence-electron chi connectivity index (χ4n) is 3.61. The molecule has 0 fully saturated rings. The van der Waals surface area contributed by atoms with Gasteiger partial charge in [0.05, 0.1) is 11.3 Å². The highest BCUT2D eigenvalue weighted by Gasteiger charge is 2.14. The lowest BCUT2D eigenvalue weighted by molar-refractivity contribution is 0.748. The molecule has 0 bridgehead atoms. The zero-order chi connectivity index (χ0) is 19.5. The summed E-state index contributed by atoms with van der Waals surface area (Å²) in [6.45, 7) is 6.85. The van der Waals surface area contributed by atoms with E-state index in [-0.39, 0.29) is 0 Å². The second-order valence-electron chi connectivity index (χ2n) is 7.24. The van der Waals surface area contributed by atoms with Crippen LogP contribution in [0.4, 0.5) is 0 Å². The molecule has 0 spiro atoms. The van der Waals surface area contributed by atoms with Gasteiger partial charge < -0.3 is 9.13 Å². The van der Waals surface area contributed by atoms with Crippen LogP contribution in [0.1, 0.15) is 30.9 Å². The highest BCUT2D eigenvalue weighted by atomic mass is 15.0. The van der Waals surface area contributed by atoms with E-state index in [1.807, 2.05) is 17.7 Å². The summed E-state index contributed by atoms with van der Waals surface area (Å²) in [5.74, 6) is 0. The second kappa shape index (κ2) is 7.62. The highest BCUT2D eigenvalue weighted by Crippen LogP contribution is 2.28. The summed E-state index contributed by atoms with van der Waals surface area (Å²) in [6, 6.07) is 14.8. The average Bonchev–Trinajstić information content (AvgIpc) is 3.35. The molecule has 0 amide bonds. The van der Waals surface area contributed by atoms with Gasteiger partial charge in [-0.2, -0.15) is 5.26 Å². The van der Waals surface area contributed by atoms with Gasteiger partial charge in [-0.3, -0.25) is 0 Å². The molecule has 0 saturated carbocycles. The van der Waals surface area contributed by atoms with Crippen molar-refractivity contribution in [2.24, 2.45) is 0 Å². The first-order valence-electron chi connectivity index (χ1n) is 9.54. The molecule has 0 radical (unpaired) electrons. The largest absolute Gasteiger partial charge is 0.343 e. The molecule has 4 rings (SSSR count). The lowest BCUT2D eigenvalue weighted by Gasteiger charge is -2.13. The SMILES string of the molecule is C=C(C)c1ccc(-n2cc(C#N)c(-c3cccn3CC3=CC=CCC3)c2)cc1. The van der Waals surface area contributed by atoms with E-state index >= 15 is 0 Å². The number of hydrogen-bond donors (Lipinski definition) is 0. The first-order valence-corrected chi connectivity index (χ1v) is 9.54. The van der Waals surface area contributed by atoms with Crippen molar-refractivity contribution < 1.29 is 0 Å². The first-order chi connectivity index (χ1) is 13.7. The van der Waals surface area contributed by atoms with Crippen molar-refractivity contribution in [1.29, 1.82) is 5.26 Å². The summed E-state index contributed by atoms with van der Waals surface area (Å²) < 4.78 is 4.26. The Morgan fingerprint density at radius 1 is 1.18 bits per heavy atom. The lowest BCUT2D eigenvalue weighted by Crippen LogP contribution is -2.03. The molecule has 0 unspecified atom stereocenters. The van der Waals surface area contributed by atoms with Crippen LogP contribution in [0.5, 0.6) is 0 Å². The van der Waals surface area contributed by atoms with Gasteiger partial charge >= 0.3 is 0 Å². The van der Waals surface area contributed by atoms with Crippen molar-refractivity contribution in [3.05, 3.63) is 96.5 Å². The van der Waals surface area contributed by atoms with E-state index in [1.165, 1.54) is 5.57 Å². The maximum Gasteiger partial charge on any atom is 0.101 e. The number of benzene rings is 1. The molecule has 0 saturated heterocycles. The van der Waals surface area contributed by atoms with E-state index in [0.29, 0.717) is 5.56 Å². The molecule has 2 heterocycles. The zero-order valence-corrected chi connectivity index (χ0v) is 16.1. The summed E-state index contributed by atoms with van der Waals surface area (Å²) in [7, 11) is 0. The van der Waals surface area contributed by atoms with Gasteiger partial charge in [-0.15, -0.1) is 0 Å². The lowest BCUT2D eigenvalue weighted by atomic mass is 10.0. The van der Waals surface area contributed by atoms with Crippen LogP contribution in [-0.2, 0) is 6.54 Å². The van der Waals surface area contributed by atoms with Crippen LogP contribution in [0.15, 0.2) is 85.4 Å². The molecule has 1 aliphatic rings. The second-order valence-corrected chi connectivity index (χ2v) is 7.24. The molecule has 1 aliphatic carbocycles. The normalized spacial score (nSPS) is 13.2. The summed E-state index contributed by atoms with van der Waals surface area (Å²) in [4.78, 5) is 0. The summed E-state index contributed by atoms with van der Waals surface area (Å²) in [6.07, 6.45) is 14.8. The van der Waals surface area contributed by atoms with Crippen LogP contribution in [-0.4, -0.2) is 9.13 Å². The third kappa shape index (κ3) is 3.50. The minimum atomic E-state index is 0.682. The predicted octanol–water partition coefficient (Wildman–Crippen LogP) is 6.13. The van der Waals surface area contributed by atoms with Crippen LogP contribution < -0.4 is 0 Å². The topological polar surface area (TPSA) is 33.6 Å². The van der Waals surface area contributed by atoms with Gasteiger partial charge in [0.2, 0.25) is 0 Å². The number of nitrogens with zero attached hydrogens (tertiary/aromatic N) is 3. The van der Waals surface area contributed by atoms with Crippen molar-refractivity contribution in [1.82, 2.24) is 9.13 Å². The summed E-state index contributed by atoms with van der Waals surface area (Å²) in [5, 5.41) is 9.70. The van der Waals surface area contributed by atoms with Gasteiger partial charge in [0.25, 0.3) is 0 Å². The molecule has 3 aromatic rings. The molecule has 3 heteroatoms. The fourth-order valence-corrected chi connectivity index (χ4v) is 3.61. The number of rotatable bonds is 5. The van der Waals surface area contributed by atoms with E-state index in [9.17, 15) is 5.26 Å². The average molecular weight is 365 g/mol. The molecule has 0 atom stereocenters. The van der Waals surface area contributed by atoms with Gasteiger partial charge in [-0.1, -0.05) is 48.1 Å². The smallest absolute Gasteiger partial charge is 0.101 e. The highest BCUT2D eigenvalue weighted by molar-refractivity contribution is 5.69. The monoisotopic (exact) mass is 365 g/mol. The Hall–Kier alpha value is -3.51. The summed E-state index contributed by atoms with van der Waals surface area (Å²) in [5.41, 5.74) is 7.33. The number of aromatic nitrogens is 2. The Balaban J connectivity index is 1.69. The van der Waals surface area contributed by atoms with Crippen molar-refractivity contribution in [2.75, 3.05) is 0 Å². The van der Waals surface area contributed by atoms with Crippen molar-refractivity contribution in [3.8, 4) is 23.0 Å². The molecule has 0 aliphatic heterocycles. The Morgan fingerprint density at radius 3 is 2.68 bits per heavy atom. The van der Waals surface area contributed by atoms with Crippen LogP contribution in [0.3, 0.4) is 0 Å². The van der Waals surface area contributed by atoms with Crippen molar-refractivity contribution in [2.45, 2.75) is 26.3 Å². The number of hydrogen-bond acceptors (Lipinski definition) is 1. The molecule has 138 valence electrons. The van der Waals surface area contributed by atoms with Gasteiger partial charge in [0, 0.05) is 36.4 Å². The van der Waals surface area contributed by atoms with E-state index < -0.39 is 0 Å². The van der Waals surface area contributed by atoms with E-state index in [0.717, 1.165) is 47.5 Å². The van der Waals surface area contributed by atoms with Crippen molar-refractivity contribution in [3.63, 3.8) is 0 Å². The van der Waals surface area contributed by atoms with Gasteiger partial charge in [-0.05, 0) is 49.6 Å². The van der Waals surface area contributed by atoms with Gasteiger partial charge in [-0.25, -0.2) is 0 Å². The molecule has 0 N–H and O–H groups in total. The maximum atomic E-state index is 9.70. The van der Waals surface area contributed by atoms with E-state index in [1.54, 1.807) is 0 Å². The Bertz CT molecular complexity index is 1110. The molecule has 28 heavy (non-hydrogen) atoms. The van der Waals surface area contributed by atoms with Gasteiger partial charge in [0.15, 0.2) is 0 Å². The third-order valence-electron chi connectivity index (χ3n) is 5.18. The van der Waals surface area contributed by atoms with E-state index in [4.69, 9.17) is 0 Å². The van der Waals surface area contributed by atoms with Crippen molar-refractivity contribution >= 4 is 5.57 Å². The zero-order valence-electron chi connectivity index (χ0n) is 16.1. The minimum Gasteiger partial charge on any atom is -0.343 e. The molecule has 2 aromatic heterocycles. The summed E-state index contributed by atoms with van der Waals surface area (Å²) >= 11 is 0. The molecular formula is C25H23N3. The number of nitriles is 1. The fraction of sp³-hybridized carbons (Fsp3) is 0.160. The molecular weight excluding hydrogens is 342 g/mol. The van der Waals surface area contributed by atoms with Crippen LogP contribution in [0.25, 0.3) is 22.5 Å². The van der Waals surface area contributed by atoms with Crippen LogP contribution >= 0.6 is 0 Å². The van der Waals surface area contributed by atoms with Gasteiger partial charge in [0.1, 0.15) is 6.07 Å². The molecule has 3 nitrogen and oxygen atoms in total. The minimum absolute atomic E-state index is 0.682. The Morgan fingerprint density at radius 2 is 2.00 bits per heavy atom. The quantitative estimate of drug-likeness (QED) is 0.536.